The topological polar surface area (TPSA) is 78.9 Å². The molecule has 0 unspecified atom stereocenters. The van der Waals surface area contributed by atoms with Gasteiger partial charge in [0.2, 0.25) is 0 Å². The fourth-order valence-corrected chi connectivity index (χ4v) is 8.91. The van der Waals surface area contributed by atoms with Crippen molar-refractivity contribution in [3.8, 4) is 0 Å². The molecule has 178 valence electrons. The third-order valence-corrected chi connectivity index (χ3v) is 10.4. The van der Waals surface area contributed by atoms with Gasteiger partial charge in [0.1, 0.15) is 18.3 Å². The molecule has 0 amide bonds. The van der Waals surface area contributed by atoms with Crippen LogP contribution in [0.3, 0.4) is 0 Å². The number of carbonyl (C=O) groups is 3. The van der Waals surface area contributed by atoms with Crippen LogP contribution in [0, 0.1) is 46.3 Å². The lowest BCUT2D eigenvalue weighted by molar-refractivity contribution is -0.234. The van der Waals surface area contributed by atoms with Gasteiger partial charge in [-0.2, -0.15) is 0 Å². The van der Waals surface area contributed by atoms with E-state index in [1.165, 1.54) is 0 Å². The molecule has 32 heavy (non-hydrogen) atoms. The Balaban J connectivity index is 1.74. The summed E-state index contributed by atoms with van der Waals surface area (Å²) in [5, 5.41) is 0. The highest BCUT2D eigenvalue weighted by Crippen LogP contribution is 2.69. The Labute approximate surface area is 191 Å². The summed E-state index contributed by atoms with van der Waals surface area (Å²) in [6.07, 6.45) is 7.78. The quantitative estimate of drug-likeness (QED) is 0.314. The largest absolute Gasteiger partial charge is 0.465 e. The Bertz CT molecular complexity index is 738. The van der Waals surface area contributed by atoms with E-state index < -0.39 is 12.2 Å². The van der Waals surface area contributed by atoms with Gasteiger partial charge < -0.3 is 14.2 Å². The lowest BCUT2D eigenvalue weighted by atomic mass is 9.43. The van der Waals surface area contributed by atoms with Gasteiger partial charge in [0.15, 0.2) is 0 Å². The molecule has 0 aromatic carbocycles. The molecule has 4 aliphatic carbocycles. The van der Waals surface area contributed by atoms with E-state index in [4.69, 9.17) is 14.2 Å². The van der Waals surface area contributed by atoms with Crippen molar-refractivity contribution < 1.29 is 28.6 Å². The Hall–Kier alpha value is -1.85. The lowest BCUT2D eigenvalue weighted by Gasteiger charge is -2.64. The number of allylic oxidation sites excluding steroid dienone is 1. The van der Waals surface area contributed by atoms with E-state index >= 15 is 0 Å². The van der Waals surface area contributed by atoms with Crippen molar-refractivity contribution in [2.24, 2.45) is 46.3 Å². The highest BCUT2D eigenvalue weighted by molar-refractivity contribution is 5.41. The van der Waals surface area contributed by atoms with Gasteiger partial charge in [0.05, 0.1) is 0 Å². The van der Waals surface area contributed by atoms with Crippen LogP contribution in [0.5, 0.6) is 0 Å². The second kappa shape index (κ2) is 8.83. The normalized spacial score (nSPS) is 48.2. The zero-order valence-electron chi connectivity index (χ0n) is 19.6. The lowest BCUT2D eigenvalue weighted by Crippen LogP contribution is -2.65. The summed E-state index contributed by atoms with van der Waals surface area (Å²) in [5.41, 5.74) is 0.110. The third-order valence-electron chi connectivity index (χ3n) is 10.4. The van der Waals surface area contributed by atoms with E-state index in [1.807, 2.05) is 0 Å². The predicted molar refractivity (Wildman–Crippen MR) is 118 cm³/mol. The molecule has 6 heteroatoms. The van der Waals surface area contributed by atoms with Crippen LogP contribution in [0.2, 0.25) is 0 Å². The van der Waals surface area contributed by atoms with E-state index in [2.05, 4.69) is 33.4 Å². The molecule has 0 aliphatic heterocycles. The summed E-state index contributed by atoms with van der Waals surface area (Å²) in [7, 11) is 0. The highest BCUT2D eigenvalue weighted by atomic mass is 16.6. The monoisotopic (exact) mass is 446 g/mol. The van der Waals surface area contributed by atoms with Crippen molar-refractivity contribution in [1.82, 2.24) is 0 Å². The van der Waals surface area contributed by atoms with Crippen LogP contribution < -0.4 is 0 Å². The third kappa shape index (κ3) is 3.40. The minimum absolute atomic E-state index is 0.00810. The fourth-order valence-electron chi connectivity index (χ4n) is 8.91. The Morgan fingerprint density at radius 1 is 0.812 bits per heavy atom. The zero-order chi connectivity index (χ0) is 23.1. The molecule has 4 fully saturated rings. The average molecular weight is 447 g/mol. The number of fused-ring (bicyclic) bond motifs is 5. The summed E-state index contributed by atoms with van der Waals surface area (Å²) in [4.78, 5) is 34.2. The Morgan fingerprint density at radius 2 is 1.44 bits per heavy atom. The number of hydrogen-bond donors (Lipinski definition) is 0. The molecule has 0 spiro atoms. The summed E-state index contributed by atoms with van der Waals surface area (Å²) < 4.78 is 16.8. The molecule has 4 rings (SSSR count). The first-order valence-corrected chi connectivity index (χ1v) is 12.3. The Kier molecular flexibility index (Phi) is 6.43. The van der Waals surface area contributed by atoms with Gasteiger partial charge in [0.25, 0.3) is 19.4 Å². The van der Waals surface area contributed by atoms with Crippen LogP contribution >= 0.6 is 0 Å². The first-order valence-electron chi connectivity index (χ1n) is 12.3. The van der Waals surface area contributed by atoms with E-state index in [0.717, 1.165) is 38.5 Å². The molecule has 4 saturated carbocycles. The SMILES string of the molecule is C=C[C@@H](C)[C@H]1CC[C@H]2[C@@H]3[C@@H](OC=O)[C@@H](OC=O)[C@@H]4C[C@H](OC=O)CC[C@]4(C)[C@H]3CC[C@]12C. The summed E-state index contributed by atoms with van der Waals surface area (Å²) >= 11 is 0. The molecular weight excluding hydrogens is 408 g/mol. The number of rotatable bonds is 8. The fraction of sp³-hybridized carbons (Fsp3) is 0.808. The van der Waals surface area contributed by atoms with Crippen molar-refractivity contribution >= 4 is 19.4 Å². The van der Waals surface area contributed by atoms with Gasteiger partial charge in [0, 0.05) is 11.8 Å². The number of carbonyl (C=O) groups excluding carboxylic acids is 3. The van der Waals surface area contributed by atoms with E-state index in [1.54, 1.807) is 0 Å². The molecule has 6 nitrogen and oxygen atoms in total. The van der Waals surface area contributed by atoms with Gasteiger partial charge in [-0.3, -0.25) is 14.4 Å². The minimum Gasteiger partial charge on any atom is -0.465 e. The molecule has 4 aliphatic rings. The van der Waals surface area contributed by atoms with Crippen molar-refractivity contribution in [3.63, 3.8) is 0 Å². The minimum atomic E-state index is -0.514. The van der Waals surface area contributed by atoms with Gasteiger partial charge in [-0.25, -0.2) is 0 Å². The summed E-state index contributed by atoms with van der Waals surface area (Å²) in [5.74, 6) is 1.96. The summed E-state index contributed by atoms with van der Waals surface area (Å²) in [6, 6.07) is 0. The molecule has 0 bridgehead atoms. The van der Waals surface area contributed by atoms with Gasteiger partial charge in [-0.1, -0.05) is 26.8 Å². The molecule has 0 aromatic rings. The van der Waals surface area contributed by atoms with E-state index in [0.29, 0.717) is 49.5 Å². The van der Waals surface area contributed by atoms with E-state index in [-0.39, 0.29) is 28.8 Å². The van der Waals surface area contributed by atoms with Crippen LogP contribution in [0.25, 0.3) is 0 Å². The molecule has 0 heterocycles. The number of hydrogen-bond acceptors (Lipinski definition) is 6. The predicted octanol–water partition coefficient (Wildman–Crippen LogP) is 4.31. The first kappa shape index (κ1) is 23.3. The summed E-state index contributed by atoms with van der Waals surface area (Å²) in [6.45, 7) is 12.6. The standard InChI is InChI=1S/C26H38O6/c1-5-16(2)18-6-7-19-22-20(9-11-25(18,19)3)26(4)10-8-17(30-13-27)12-21(26)23(31-14-28)24(22)32-15-29/h5,13-24H,1,6-12H2,2-4H3/t16-,17-,18-,19+,20+,21+,22+,23+,24-,25-,26-/m1/s1. The molecule has 0 saturated heterocycles. The van der Waals surface area contributed by atoms with Crippen molar-refractivity contribution in [2.75, 3.05) is 0 Å². The zero-order valence-corrected chi connectivity index (χ0v) is 19.6. The molecular formula is C26H38O6. The second-order valence-electron chi connectivity index (χ2n) is 11.2. The molecule has 0 radical (unpaired) electrons. The maximum Gasteiger partial charge on any atom is 0.293 e. The molecule has 0 aromatic heterocycles. The van der Waals surface area contributed by atoms with Crippen molar-refractivity contribution in [1.29, 1.82) is 0 Å². The van der Waals surface area contributed by atoms with Crippen LogP contribution in [-0.4, -0.2) is 37.7 Å². The average Bonchev–Trinajstić information content (AvgIpc) is 3.13. The van der Waals surface area contributed by atoms with Gasteiger partial charge >= 0.3 is 0 Å². The van der Waals surface area contributed by atoms with Crippen molar-refractivity contribution in [2.45, 2.75) is 84.0 Å². The van der Waals surface area contributed by atoms with E-state index in [9.17, 15) is 14.4 Å². The van der Waals surface area contributed by atoms with Crippen LogP contribution in [0.1, 0.15) is 65.7 Å². The van der Waals surface area contributed by atoms with Gasteiger partial charge in [-0.15, -0.1) is 6.58 Å². The maximum absolute atomic E-state index is 11.6. The molecule has 0 N–H and O–H groups in total. The molecule has 11 atom stereocenters. The maximum atomic E-state index is 11.6. The van der Waals surface area contributed by atoms with Crippen LogP contribution in [0.4, 0.5) is 0 Å². The highest BCUT2D eigenvalue weighted by Gasteiger charge is 2.67. The second-order valence-corrected chi connectivity index (χ2v) is 11.2. The van der Waals surface area contributed by atoms with Crippen molar-refractivity contribution in [3.05, 3.63) is 12.7 Å². The first-order chi connectivity index (χ1) is 15.4. The van der Waals surface area contributed by atoms with Crippen LogP contribution in [0.15, 0.2) is 12.7 Å². The smallest absolute Gasteiger partial charge is 0.293 e. The Morgan fingerprint density at radius 3 is 2.09 bits per heavy atom. The number of ether oxygens (including phenoxy) is 3. The van der Waals surface area contributed by atoms with Crippen LogP contribution in [-0.2, 0) is 28.6 Å². The van der Waals surface area contributed by atoms with Gasteiger partial charge in [-0.05, 0) is 79.4 Å².